The number of hydrogen-bond donors (Lipinski definition) is 1. The lowest BCUT2D eigenvalue weighted by molar-refractivity contribution is -0.151. The van der Waals surface area contributed by atoms with Crippen LogP contribution in [0, 0.1) is 23.2 Å². The number of carboxylic acids is 1. The van der Waals surface area contributed by atoms with Crippen LogP contribution < -0.4 is 0 Å². The summed E-state index contributed by atoms with van der Waals surface area (Å²) in [5.74, 6) is -0.246. The summed E-state index contributed by atoms with van der Waals surface area (Å²) in [6.45, 7) is 11.1. The highest BCUT2D eigenvalue weighted by atomic mass is 16.4. The van der Waals surface area contributed by atoms with Crippen LogP contribution in [0.5, 0.6) is 0 Å². The SMILES string of the molecule is CCCC(C(=O)N1CCC(C(=O)O)(C(C)C)C1)C(C)C. The topological polar surface area (TPSA) is 57.6 Å². The number of amides is 1. The number of aliphatic carboxylic acids is 1. The minimum absolute atomic E-state index is 0.0248. The van der Waals surface area contributed by atoms with Crippen LogP contribution in [0.15, 0.2) is 0 Å². The van der Waals surface area contributed by atoms with Crippen LogP contribution in [0.3, 0.4) is 0 Å². The molecule has 0 aromatic heterocycles. The fraction of sp³-hybridized carbons (Fsp3) is 0.875. The second-order valence-electron chi connectivity index (χ2n) is 6.76. The van der Waals surface area contributed by atoms with Crippen molar-refractivity contribution in [2.75, 3.05) is 13.1 Å². The molecule has 116 valence electrons. The summed E-state index contributed by atoms with van der Waals surface area (Å²) in [5.41, 5.74) is -0.761. The Hall–Kier alpha value is -1.06. The van der Waals surface area contributed by atoms with Crippen LogP contribution in [-0.2, 0) is 9.59 Å². The molecule has 0 aromatic carbocycles. The van der Waals surface area contributed by atoms with E-state index in [0.29, 0.717) is 25.4 Å². The number of carbonyl (C=O) groups excluding carboxylic acids is 1. The fourth-order valence-electron chi connectivity index (χ4n) is 3.20. The molecule has 0 spiro atoms. The third-order valence-electron chi connectivity index (χ3n) is 4.87. The Morgan fingerprint density at radius 3 is 2.20 bits per heavy atom. The molecule has 1 aliphatic rings. The summed E-state index contributed by atoms with van der Waals surface area (Å²) in [4.78, 5) is 26.1. The number of carbonyl (C=O) groups is 2. The highest BCUT2D eigenvalue weighted by Gasteiger charge is 2.49. The summed E-state index contributed by atoms with van der Waals surface area (Å²) in [6, 6.07) is 0. The summed E-state index contributed by atoms with van der Waals surface area (Å²) in [6.07, 6.45) is 2.44. The number of likely N-dealkylation sites (tertiary alicyclic amines) is 1. The molecule has 1 N–H and O–H groups in total. The summed E-state index contributed by atoms with van der Waals surface area (Å²) in [5, 5.41) is 9.55. The molecule has 1 fully saturated rings. The first-order valence-corrected chi connectivity index (χ1v) is 7.78. The third kappa shape index (κ3) is 3.15. The van der Waals surface area contributed by atoms with E-state index in [0.717, 1.165) is 12.8 Å². The van der Waals surface area contributed by atoms with Gasteiger partial charge in [0.05, 0.1) is 5.41 Å². The van der Waals surface area contributed by atoms with Gasteiger partial charge in [-0.05, 0) is 24.7 Å². The molecular formula is C16H29NO3. The Morgan fingerprint density at radius 2 is 1.85 bits per heavy atom. The van der Waals surface area contributed by atoms with Gasteiger partial charge in [-0.1, -0.05) is 41.0 Å². The predicted octanol–water partition coefficient (Wildman–Crippen LogP) is 3.02. The minimum atomic E-state index is -0.764. The molecule has 20 heavy (non-hydrogen) atoms. The van der Waals surface area contributed by atoms with E-state index in [-0.39, 0.29) is 17.7 Å². The first kappa shape index (κ1) is 17.0. The highest BCUT2D eigenvalue weighted by Crippen LogP contribution is 2.39. The molecule has 2 atom stereocenters. The molecule has 1 rings (SSSR count). The molecule has 0 aliphatic carbocycles. The van der Waals surface area contributed by atoms with Gasteiger partial charge >= 0.3 is 5.97 Å². The molecular weight excluding hydrogens is 254 g/mol. The van der Waals surface area contributed by atoms with E-state index < -0.39 is 11.4 Å². The first-order chi connectivity index (χ1) is 9.26. The van der Waals surface area contributed by atoms with Gasteiger partial charge in [-0.3, -0.25) is 9.59 Å². The van der Waals surface area contributed by atoms with Crippen molar-refractivity contribution in [1.29, 1.82) is 0 Å². The zero-order chi connectivity index (χ0) is 15.5. The van der Waals surface area contributed by atoms with Crippen molar-refractivity contribution in [3.8, 4) is 0 Å². The van der Waals surface area contributed by atoms with Gasteiger partial charge in [0.15, 0.2) is 0 Å². The van der Waals surface area contributed by atoms with E-state index in [4.69, 9.17) is 0 Å². The molecule has 1 heterocycles. The Morgan fingerprint density at radius 1 is 1.25 bits per heavy atom. The van der Waals surface area contributed by atoms with Crippen LogP contribution in [0.25, 0.3) is 0 Å². The minimum Gasteiger partial charge on any atom is -0.481 e. The van der Waals surface area contributed by atoms with E-state index in [9.17, 15) is 14.7 Å². The lowest BCUT2D eigenvalue weighted by atomic mass is 9.76. The standard InChI is InChI=1S/C16H29NO3/c1-6-7-13(11(2)3)14(18)17-9-8-16(10-17,12(4)5)15(19)20/h11-13H,6-10H2,1-5H3,(H,19,20). The van der Waals surface area contributed by atoms with E-state index in [1.165, 1.54) is 0 Å². The number of hydrogen-bond acceptors (Lipinski definition) is 2. The number of nitrogens with zero attached hydrogens (tertiary/aromatic N) is 1. The van der Waals surface area contributed by atoms with Gasteiger partial charge in [0.2, 0.25) is 5.91 Å². The van der Waals surface area contributed by atoms with E-state index in [1.54, 1.807) is 4.90 Å². The molecule has 0 saturated carbocycles. The molecule has 1 saturated heterocycles. The maximum atomic E-state index is 12.6. The van der Waals surface area contributed by atoms with Crippen LogP contribution in [-0.4, -0.2) is 35.0 Å². The van der Waals surface area contributed by atoms with Crippen LogP contribution in [0.1, 0.15) is 53.9 Å². The average molecular weight is 283 g/mol. The summed E-state index contributed by atoms with van der Waals surface area (Å²) < 4.78 is 0. The number of rotatable bonds is 6. The Balaban J connectivity index is 2.85. The first-order valence-electron chi connectivity index (χ1n) is 7.78. The van der Waals surface area contributed by atoms with Crippen molar-refractivity contribution in [3.63, 3.8) is 0 Å². The molecule has 0 radical (unpaired) electrons. The predicted molar refractivity (Wildman–Crippen MR) is 79.3 cm³/mol. The molecule has 0 aromatic rings. The Kier molecular flexibility index (Phi) is 5.60. The maximum Gasteiger partial charge on any atom is 0.311 e. The van der Waals surface area contributed by atoms with Crippen LogP contribution in [0.2, 0.25) is 0 Å². The molecule has 4 heteroatoms. The zero-order valence-corrected chi connectivity index (χ0v) is 13.5. The molecule has 1 aliphatic heterocycles. The van der Waals surface area contributed by atoms with Crippen molar-refractivity contribution in [2.24, 2.45) is 23.2 Å². The zero-order valence-electron chi connectivity index (χ0n) is 13.5. The fourth-order valence-corrected chi connectivity index (χ4v) is 3.20. The number of carboxylic acid groups (broad SMARTS) is 1. The van der Waals surface area contributed by atoms with Crippen molar-refractivity contribution in [3.05, 3.63) is 0 Å². The van der Waals surface area contributed by atoms with E-state index in [2.05, 4.69) is 20.8 Å². The molecule has 0 bridgehead atoms. The van der Waals surface area contributed by atoms with Gasteiger partial charge < -0.3 is 10.0 Å². The van der Waals surface area contributed by atoms with Crippen molar-refractivity contribution >= 4 is 11.9 Å². The van der Waals surface area contributed by atoms with Crippen molar-refractivity contribution in [2.45, 2.75) is 53.9 Å². The van der Waals surface area contributed by atoms with E-state index in [1.807, 2.05) is 13.8 Å². The second kappa shape index (κ2) is 6.59. The third-order valence-corrected chi connectivity index (χ3v) is 4.87. The largest absolute Gasteiger partial charge is 0.481 e. The van der Waals surface area contributed by atoms with Gasteiger partial charge in [-0.15, -0.1) is 0 Å². The lowest BCUT2D eigenvalue weighted by Crippen LogP contribution is -2.42. The Bertz CT molecular complexity index is 365. The second-order valence-corrected chi connectivity index (χ2v) is 6.76. The summed E-state index contributed by atoms with van der Waals surface area (Å²) in [7, 11) is 0. The monoisotopic (exact) mass is 283 g/mol. The lowest BCUT2D eigenvalue weighted by Gasteiger charge is -2.30. The highest BCUT2D eigenvalue weighted by molar-refractivity contribution is 5.82. The van der Waals surface area contributed by atoms with Gasteiger partial charge in [-0.25, -0.2) is 0 Å². The quantitative estimate of drug-likeness (QED) is 0.815. The van der Waals surface area contributed by atoms with Crippen molar-refractivity contribution < 1.29 is 14.7 Å². The molecule has 1 amide bonds. The Labute approximate surface area is 122 Å². The van der Waals surface area contributed by atoms with Gasteiger partial charge in [0, 0.05) is 19.0 Å². The average Bonchev–Trinajstić information content (AvgIpc) is 2.81. The van der Waals surface area contributed by atoms with Gasteiger partial charge in [0.1, 0.15) is 0 Å². The van der Waals surface area contributed by atoms with Gasteiger partial charge in [0.25, 0.3) is 0 Å². The molecule has 4 nitrogen and oxygen atoms in total. The van der Waals surface area contributed by atoms with Gasteiger partial charge in [-0.2, -0.15) is 0 Å². The van der Waals surface area contributed by atoms with Crippen LogP contribution in [0.4, 0.5) is 0 Å². The summed E-state index contributed by atoms with van der Waals surface area (Å²) >= 11 is 0. The van der Waals surface area contributed by atoms with Crippen molar-refractivity contribution in [1.82, 2.24) is 4.90 Å². The molecule has 2 unspecified atom stereocenters. The smallest absolute Gasteiger partial charge is 0.311 e. The maximum absolute atomic E-state index is 12.6. The van der Waals surface area contributed by atoms with Crippen LogP contribution >= 0.6 is 0 Å². The van der Waals surface area contributed by atoms with E-state index >= 15 is 0 Å². The normalized spacial score (nSPS) is 24.4.